The van der Waals surface area contributed by atoms with Crippen molar-refractivity contribution in [1.29, 1.82) is 0 Å². The van der Waals surface area contributed by atoms with Crippen LogP contribution in [-0.4, -0.2) is 22.0 Å². The highest BCUT2D eigenvalue weighted by Gasteiger charge is 2.28. The molecule has 92 valence electrons. The summed E-state index contributed by atoms with van der Waals surface area (Å²) in [6, 6.07) is 5.58. The maximum absolute atomic E-state index is 12.2. The van der Waals surface area contributed by atoms with Crippen LogP contribution in [0.1, 0.15) is 24.0 Å². The van der Waals surface area contributed by atoms with Crippen molar-refractivity contribution in [2.24, 2.45) is 0 Å². The number of fused-ring (bicyclic) bond motifs is 1. The van der Waals surface area contributed by atoms with Gasteiger partial charge in [-0.05, 0) is 56.6 Å². The van der Waals surface area contributed by atoms with E-state index in [2.05, 4.69) is 5.32 Å². The molecule has 17 heavy (non-hydrogen) atoms. The summed E-state index contributed by atoms with van der Waals surface area (Å²) in [6.07, 6.45) is 3.26. The predicted octanol–water partition coefficient (Wildman–Crippen LogP) is 2.12. The minimum absolute atomic E-state index is 0.469. The number of rotatable bonds is 4. The summed E-state index contributed by atoms with van der Waals surface area (Å²) < 4.78 is 24.5. The van der Waals surface area contributed by atoms with Crippen LogP contribution in [0.2, 0.25) is 0 Å². The number of hydrogen-bond donors (Lipinski definition) is 1. The minimum atomic E-state index is -3.22. The number of sulfone groups is 1. The van der Waals surface area contributed by atoms with E-state index >= 15 is 0 Å². The van der Waals surface area contributed by atoms with Crippen molar-refractivity contribution in [3.05, 3.63) is 34.2 Å². The van der Waals surface area contributed by atoms with Gasteiger partial charge in [0.1, 0.15) is 0 Å². The van der Waals surface area contributed by atoms with Crippen molar-refractivity contribution in [3.8, 4) is 0 Å². The number of hydrogen-bond acceptors (Lipinski definition) is 3. The lowest BCUT2D eigenvalue weighted by Crippen LogP contribution is -2.09. The minimum Gasteiger partial charge on any atom is -0.320 e. The second-order valence-electron chi connectivity index (χ2n) is 4.36. The molecule has 0 aromatic heterocycles. The monoisotopic (exact) mass is 251 g/mol. The van der Waals surface area contributed by atoms with Crippen LogP contribution in [0, 0.1) is 6.92 Å². The van der Waals surface area contributed by atoms with Crippen LogP contribution < -0.4 is 5.32 Å². The lowest BCUT2D eigenvalue weighted by molar-refractivity contribution is 0.600. The van der Waals surface area contributed by atoms with Gasteiger partial charge in [0, 0.05) is 4.91 Å². The first-order valence-corrected chi connectivity index (χ1v) is 7.25. The van der Waals surface area contributed by atoms with Crippen molar-refractivity contribution in [1.82, 2.24) is 5.32 Å². The predicted molar refractivity (Wildman–Crippen MR) is 69.5 cm³/mol. The quantitative estimate of drug-likeness (QED) is 0.834. The van der Waals surface area contributed by atoms with Gasteiger partial charge in [-0.15, -0.1) is 0 Å². The van der Waals surface area contributed by atoms with Crippen molar-refractivity contribution in [3.63, 3.8) is 0 Å². The summed E-state index contributed by atoms with van der Waals surface area (Å²) >= 11 is 0. The van der Waals surface area contributed by atoms with Crippen LogP contribution in [-0.2, 0) is 9.84 Å². The molecule has 1 N–H and O–H groups in total. The van der Waals surface area contributed by atoms with E-state index in [9.17, 15) is 8.42 Å². The highest BCUT2D eigenvalue weighted by molar-refractivity contribution is 7.95. The Morgan fingerprint density at radius 1 is 1.29 bits per heavy atom. The molecule has 1 aliphatic rings. The van der Waals surface area contributed by atoms with E-state index in [0.717, 1.165) is 24.1 Å². The van der Waals surface area contributed by atoms with Gasteiger partial charge in [-0.25, -0.2) is 8.42 Å². The third-order valence-corrected chi connectivity index (χ3v) is 4.92. The first-order chi connectivity index (χ1) is 8.05. The molecule has 2 rings (SSSR count). The topological polar surface area (TPSA) is 46.2 Å². The van der Waals surface area contributed by atoms with Gasteiger partial charge in [0.05, 0.1) is 4.90 Å². The zero-order valence-corrected chi connectivity index (χ0v) is 11.0. The van der Waals surface area contributed by atoms with E-state index in [-0.39, 0.29) is 0 Å². The highest BCUT2D eigenvalue weighted by Crippen LogP contribution is 2.35. The lowest BCUT2D eigenvalue weighted by atomic mass is 10.1. The number of benzene rings is 1. The summed E-state index contributed by atoms with van der Waals surface area (Å²) in [7, 11) is -1.35. The van der Waals surface area contributed by atoms with E-state index < -0.39 is 9.84 Å². The van der Waals surface area contributed by atoms with Crippen LogP contribution in [0.15, 0.2) is 28.0 Å². The molecule has 0 radical (unpaired) electrons. The molecule has 0 saturated heterocycles. The van der Waals surface area contributed by atoms with Gasteiger partial charge in [-0.2, -0.15) is 0 Å². The lowest BCUT2D eigenvalue weighted by Gasteiger charge is -2.04. The standard InChI is InChI=1S/C13H17NO2S/c1-10-5-6-11-9-12(4-3-7-14-2)17(15,16)13(11)8-10/h5-6,8-9,14H,3-4,7H2,1-2H3. The third kappa shape index (κ3) is 2.28. The summed E-state index contributed by atoms with van der Waals surface area (Å²) in [5.74, 6) is 0. The second-order valence-corrected chi connectivity index (χ2v) is 6.33. The molecule has 0 aliphatic carbocycles. The fourth-order valence-corrected chi connectivity index (χ4v) is 3.79. The molecule has 0 fully saturated rings. The van der Waals surface area contributed by atoms with Gasteiger partial charge in [0.2, 0.25) is 9.84 Å². The van der Waals surface area contributed by atoms with Crippen LogP contribution in [0.25, 0.3) is 6.08 Å². The van der Waals surface area contributed by atoms with Gasteiger partial charge in [0.25, 0.3) is 0 Å². The molecule has 1 aromatic carbocycles. The van der Waals surface area contributed by atoms with Gasteiger partial charge in [-0.3, -0.25) is 0 Å². The summed E-state index contributed by atoms with van der Waals surface area (Å²) in [6.45, 7) is 2.75. The molecule has 0 atom stereocenters. The van der Waals surface area contributed by atoms with Crippen molar-refractivity contribution in [2.45, 2.75) is 24.7 Å². The number of aryl methyl sites for hydroxylation is 1. The fourth-order valence-electron chi connectivity index (χ4n) is 2.03. The van der Waals surface area contributed by atoms with E-state index in [1.807, 2.05) is 26.1 Å². The van der Waals surface area contributed by atoms with Crippen LogP contribution >= 0.6 is 0 Å². The Balaban J connectivity index is 2.30. The molecular formula is C13H17NO2S. The number of nitrogens with one attached hydrogen (secondary N) is 1. The average molecular weight is 251 g/mol. The molecule has 1 aromatic rings. The zero-order chi connectivity index (χ0) is 12.5. The molecule has 0 saturated carbocycles. The molecule has 1 heterocycles. The maximum atomic E-state index is 12.2. The largest absolute Gasteiger partial charge is 0.320 e. The van der Waals surface area contributed by atoms with Crippen LogP contribution in [0.4, 0.5) is 0 Å². The highest BCUT2D eigenvalue weighted by atomic mass is 32.2. The SMILES string of the molecule is CNCCCC1=Cc2ccc(C)cc2S1(=O)=O. The Morgan fingerprint density at radius 3 is 2.76 bits per heavy atom. The van der Waals surface area contributed by atoms with E-state index in [1.54, 1.807) is 12.1 Å². The maximum Gasteiger partial charge on any atom is 0.203 e. The van der Waals surface area contributed by atoms with E-state index in [4.69, 9.17) is 0 Å². The van der Waals surface area contributed by atoms with Crippen LogP contribution in [0.5, 0.6) is 0 Å². The summed E-state index contributed by atoms with van der Waals surface area (Å²) in [5, 5.41) is 3.03. The molecule has 0 bridgehead atoms. The summed E-state index contributed by atoms with van der Waals surface area (Å²) in [4.78, 5) is 1.02. The smallest absolute Gasteiger partial charge is 0.203 e. The van der Waals surface area contributed by atoms with Gasteiger partial charge >= 0.3 is 0 Å². The Kier molecular flexibility index (Phi) is 3.35. The number of allylic oxidation sites excluding steroid dienone is 1. The normalized spacial score (nSPS) is 16.7. The van der Waals surface area contributed by atoms with Gasteiger partial charge < -0.3 is 5.32 Å². The Hall–Kier alpha value is -1.13. The molecule has 0 unspecified atom stereocenters. The fraction of sp³-hybridized carbons (Fsp3) is 0.385. The van der Waals surface area contributed by atoms with Crippen molar-refractivity contribution >= 4 is 15.9 Å². The third-order valence-electron chi connectivity index (χ3n) is 2.97. The molecule has 1 aliphatic heterocycles. The molecule has 0 spiro atoms. The average Bonchev–Trinajstić information content (AvgIpc) is 2.52. The first kappa shape index (κ1) is 12.3. The molecule has 4 heteroatoms. The first-order valence-electron chi connectivity index (χ1n) is 5.76. The van der Waals surface area contributed by atoms with E-state index in [1.165, 1.54) is 0 Å². The van der Waals surface area contributed by atoms with Crippen molar-refractivity contribution < 1.29 is 8.42 Å². The Bertz CT molecular complexity index is 559. The van der Waals surface area contributed by atoms with Gasteiger partial charge in [-0.1, -0.05) is 12.1 Å². The van der Waals surface area contributed by atoms with Crippen molar-refractivity contribution in [2.75, 3.05) is 13.6 Å². The molecule has 0 amide bonds. The second kappa shape index (κ2) is 4.63. The zero-order valence-electron chi connectivity index (χ0n) is 10.2. The van der Waals surface area contributed by atoms with Gasteiger partial charge in [0.15, 0.2) is 0 Å². The molecule has 3 nitrogen and oxygen atoms in total. The Morgan fingerprint density at radius 2 is 2.06 bits per heavy atom. The Labute approximate surface area is 102 Å². The van der Waals surface area contributed by atoms with Crippen LogP contribution in [0.3, 0.4) is 0 Å². The van der Waals surface area contributed by atoms with E-state index in [0.29, 0.717) is 16.2 Å². The molecular weight excluding hydrogens is 234 g/mol. The summed E-state index contributed by atoms with van der Waals surface area (Å²) in [5.41, 5.74) is 1.81.